The van der Waals surface area contributed by atoms with E-state index in [1.807, 2.05) is 32.2 Å². The largest absolute Gasteiger partial charge is 0.221 e. The van der Waals surface area contributed by atoms with E-state index >= 15 is 0 Å². The number of benzene rings is 3. The normalized spacial score (nSPS) is 12.6. The van der Waals surface area contributed by atoms with Crippen molar-refractivity contribution in [2.45, 2.75) is 47.0 Å². The van der Waals surface area contributed by atoms with Gasteiger partial charge in [-0.1, -0.05) is 45.0 Å². The molecule has 0 radical (unpaired) electrons. The molecule has 4 rings (SSSR count). The predicted molar refractivity (Wildman–Crippen MR) is 121 cm³/mol. The summed E-state index contributed by atoms with van der Waals surface area (Å²) in [5.41, 5.74) is 6.82. The van der Waals surface area contributed by atoms with Crippen molar-refractivity contribution >= 4 is 21.5 Å². The maximum absolute atomic E-state index is 14.3. The molecule has 4 aromatic rings. The molecule has 3 aromatic carbocycles. The Labute approximate surface area is 174 Å². The lowest BCUT2D eigenvalue weighted by molar-refractivity contribution is -0.665. The van der Waals surface area contributed by atoms with Crippen LogP contribution in [0.15, 0.2) is 48.5 Å². The lowest BCUT2D eigenvalue weighted by Crippen LogP contribution is -2.35. The van der Waals surface area contributed by atoms with E-state index in [0.717, 1.165) is 38.5 Å². The molecule has 148 valence electrons. The third-order valence-corrected chi connectivity index (χ3v) is 6.16. The fourth-order valence-corrected chi connectivity index (χ4v) is 4.12. The molecule has 2 heteroatoms. The van der Waals surface area contributed by atoms with Gasteiger partial charge in [0.15, 0.2) is 5.69 Å². The first kappa shape index (κ1) is 18.3. The van der Waals surface area contributed by atoms with Gasteiger partial charge in [-0.05, 0) is 70.3 Å². The Morgan fingerprint density at radius 1 is 0.931 bits per heavy atom. The second-order valence-electron chi connectivity index (χ2n) is 9.19. The monoisotopic (exact) mass is 387 g/mol. The number of hydrogen-bond acceptors (Lipinski definition) is 0. The van der Waals surface area contributed by atoms with Gasteiger partial charge in [-0.2, -0.15) is 4.57 Å². The summed E-state index contributed by atoms with van der Waals surface area (Å²) in [6.45, 7) is 13.0. The Balaban J connectivity index is 2.28. The van der Waals surface area contributed by atoms with Gasteiger partial charge in [0.2, 0.25) is 5.69 Å². The summed E-state index contributed by atoms with van der Waals surface area (Å²) in [6.07, 6.45) is 0. The Kier molecular flexibility index (Phi) is 4.20. The van der Waals surface area contributed by atoms with Crippen LogP contribution in [0.1, 0.15) is 44.5 Å². The average Bonchev–Trinajstić information content (AvgIpc) is 2.68. The van der Waals surface area contributed by atoms with Crippen molar-refractivity contribution in [2.75, 3.05) is 0 Å². The Hall–Kier alpha value is -2.74. The topological polar surface area (TPSA) is 3.88 Å². The maximum atomic E-state index is 14.3. The smallest absolute Gasteiger partial charge is 0.207 e. The molecule has 0 atom stereocenters. The highest BCUT2D eigenvalue weighted by Gasteiger charge is 2.25. The van der Waals surface area contributed by atoms with E-state index in [9.17, 15) is 4.39 Å². The standard InChI is InChI=1S/C27H29FN/c1-16-12-21(27(4,5)6)14-23(18(16)3)26-25-20(13-17(2)29(26)7)9-8-19-10-11-22(28)15-24(19)25/h8-15H,1-7H3/q+1/i13D. The molecule has 1 heterocycles. The van der Waals surface area contributed by atoms with E-state index in [4.69, 9.17) is 1.37 Å². The maximum Gasteiger partial charge on any atom is 0.221 e. The SMILES string of the molecule is [2H]c1c(C)[n+](C)c(-c2cc(C(C)(C)C)cc(C)c2C)c2c1ccc1ccc(F)cc12. The number of halogens is 1. The van der Waals surface area contributed by atoms with Gasteiger partial charge >= 0.3 is 0 Å². The van der Waals surface area contributed by atoms with Crippen LogP contribution in [0.4, 0.5) is 4.39 Å². The number of hydrogen-bond donors (Lipinski definition) is 0. The highest BCUT2D eigenvalue weighted by Crippen LogP contribution is 2.37. The highest BCUT2D eigenvalue weighted by atomic mass is 19.1. The minimum absolute atomic E-state index is 0.0141. The van der Waals surface area contributed by atoms with E-state index in [1.54, 1.807) is 6.07 Å². The number of nitrogens with zero attached hydrogens (tertiary/aromatic N) is 1. The number of aromatic nitrogens is 1. The van der Waals surface area contributed by atoms with Gasteiger partial charge in [0.05, 0.1) is 12.3 Å². The highest BCUT2D eigenvalue weighted by molar-refractivity contribution is 6.12. The Bertz CT molecular complexity index is 1330. The van der Waals surface area contributed by atoms with Crippen molar-refractivity contribution in [3.8, 4) is 11.3 Å². The van der Waals surface area contributed by atoms with Crippen molar-refractivity contribution in [1.29, 1.82) is 0 Å². The Morgan fingerprint density at radius 2 is 1.59 bits per heavy atom. The van der Waals surface area contributed by atoms with Crippen LogP contribution < -0.4 is 4.57 Å². The molecule has 0 saturated carbocycles. The van der Waals surface area contributed by atoms with Crippen LogP contribution in [0.25, 0.3) is 32.8 Å². The molecule has 0 spiro atoms. The van der Waals surface area contributed by atoms with Crippen LogP contribution in [-0.4, -0.2) is 0 Å². The fraction of sp³-hybridized carbons (Fsp3) is 0.296. The summed E-state index contributed by atoms with van der Waals surface area (Å²) in [4.78, 5) is 0. The van der Waals surface area contributed by atoms with Crippen LogP contribution >= 0.6 is 0 Å². The van der Waals surface area contributed by atoms with E-state index in [1.165, 1.54) is 22.8 Å². The average molecular weight is 388 g/mol. The van der Waals surface area contributed by atoms with Gasteiger partial charge in [-0.3, -0.25) is 0 Å². The zero-order valence-electron chi connectivity index (χ0n) is 19.4. The van der Waals surface area contributed by atoms with Crippen LogP contribution in [0.2, 0.25) is 0 Å². The van der Waals surface area contributed by atoms with Crippen LogP contribution in [0, 0.1) is 26.6 Å². The van der Waals surface area contributed by atoms with E-state index in [0.29, 0.717) is 6.04 Å². The first-order valence-corrected chi connectivity index (χ1v) is 10.1. The van der Waals surface area contributed by atoms with Crippen LogP contribution in [-0.2, 0) is 12.5 Å². The molecule has 0 aliphatic rings. The van der Waals surface area contributed by atoms with Gasteiger partial charge in [0.1, 0.15) is 12.9 Å². The zero-order valence-corrected chi connectivity index (χ0v) is 18.4. The lowest BCUT2D eigenvalue weighted by atomic mass is 9.82. The minimum Gasteiger partial charge on any atom is -0.207 e. The quantitative estimate of drug-likeness (QED) is 0.248. The number of aryl methyl sites for hydroxylation is 1. The molecule has 0 bridgehead atoms. The van der Waals surface area contributed by atoms with Gasteiger partial charge in [-0.25, -0.2) is 4.39 Å². The third-order valence-electron chi connectivity index (χ3n) is 6.16. The summed E-state index contributed by atoms with van der Waals surface area (Å²) in [6, 6.07) is 13.9. The molecule has 1 nitrogen and oxygen atoms in total. The van der Waals surface area contributed by atoms with E-state index in [2.05, 4.69) is 51.3 Å². The summed E-state index contributed by atoms with van der Waals surface area (Å²) < 4.78 is 25.1. The molecule has 1 aromatic heterocycles. The van der Waals surface area contributed by atoms with Crippen LogP contribution in [0.5, 0.6) is 0 Å². The third kappa shape index (κ3) is 3.21. The zero-order chi connectivity index (χ0) is 22.0. The molecule has 0 N–H and O–H groups in total. The van der Waals surface area contributed by atoms with Crippen molar-refractivity contribution in [3.63, 3.8) is 0 Å². The molecule has 0 fully saturated rings. The molecular weight excluding hydrogens is 357 g/mol. The lowest BCUT2D eigenvalue weighted by Gasteiger charge is -2.22. The molecule has 0 aliphatic carbocycles. The molecule has 0 aliphatic heterocycles. The summed E-state index contributed by atoms with van der Waals surface area (Å²) >= 11 is 0. The van der Waals surface area contributed by atoms with Gasteiger partial charge in [-0.15, -0.1) is 0 Å². The van der Waals surface area contributed by atoms with E-state index in [-0.39, 0.29) is 11.2 Å². The first-order chi connectivity index (χ1) is 14.0. The molecule has 0 unspecified atom stereocenters. The van der Waals surface area contributed by atoms with Crippen molar-refractivity contribution in [1.82, 2.24) is 0 Å². The number of rotatable bonds is 1. The molecular formula is C27H29FN+. The van der Waals surface area contributed by atoms with Crippen molar-refractivity contribution in [2.24, 2.45) is 7.05 Å². The summed E-state index contributed by atoms with van der Waals surface area (Å²) in [7, 11) is 2.01. The predicted octanol–water partition coefficient (Wildman–Crippen LogP) is 6.85. The summed E-state index contributed by atoms with van der Waals surface area (Å²) in [5.74, 6) is -0.257. The molecule has 0 amide bonds. The molecule has 0 saturated heterocycles. The number of pyridine rings is 1. The van der Waals surface area contributed by atoms with Gasteiger partial charge < -0.3 is 0 Å². The second kappa shape index (κ2) is 6.66. The summed E-state index contributed by atoms with van der Waals surface area (Å²) in [5, 5.41) is 3.63. The number of fused-ring (bicyclic) bond motifs is 3. The van der Waals surface area contributed by atoms with E-state index < -0.39 is 0 Å². The van der Waals surface area contributed by atoms with Gasteiger partial charge in [0.25, 0.3) is 0 Å². The molecule has 29 heavy (non-hydrogen) atoms. The van der Waals surface area contributed by atoms with Gasteiger partial charge in [0, 0.05) is 13.0 Å². The van der Waals surface area contributed by atoms with Crippen molar-refractivity contribution in [3.05, 3.63) is 76.7 Å². The second-order valence-corrected chi connectivity index (χ2v) is 9.19. The van der Waals surface area contributed by atoms with Crippen LogP contribution in [0.3, 0.4) is 0 Å². The minimum atomic E-state index is -0.257. The van der Waals surface area contributed by atoms with Crippen molar-refractivity contribution < 1.29 is 10.3 Å². The first-order valence-electron chi connectivity index (χ1n) is 10.6. The Morgan fingerprint density at radius 3 is 2.28 bits per heavy atom. The fourth-order valence-electron chi connectivity index (χ4n) is 4.12.